The van der Waals surface area contributed by atoms with E-state index in [4.69, 9.17) is 9.47 Å². The number of benzene rings is 14. The summed E-state index contributed by atoms with van der Waals surface area (Å²) in [6.45, 7) is 42.1. The fraction of sp³-hybridized carbons (Fsp3) is 0.140. The Morgan fingerprint density at radius 1 is 0.257 bits per heavy atom. The van der Waals surface area contributed by atoms with Gasteiger partial charge < -0.3 is 29.1 Å². The summed E-state index contributed by atoms with van der Waals surface area (Å²) >= 11 is 0. The highest BCUT2D eigenvalue weighted by Gasteiger charge is 2.37. The van der Waals surface area contributed by atoms with Crippen molar-refractivity contribution in [2.45, 2.75) is 101 Å². The molecule has 0 unspecified atom stereocenters. The number of hydrogen-bond donors (Lipinski definition) is 0. The molecule has 113 heavy (non-hydrogen) atoms. The molecule has 0 N–H and O–H groups in total. The van der Waals surface area contributed by atoms with Crippen LogP contribution in [0.2, 0.25) is 0 Å². The topological polar surface area (TPSA) is 31.4 Å². The van der Waals surface area contributed by atoms with Crippen molar-refractivity contribution >= 4 is 80.4 Å². The second-order valence-corrected chi connectivity index (χ2v) is 30.4. The Bertz CT molecular complexity index is 5630. The molecule has 6 heteroatoms. The Morgan fingerprint density at radius 3 is 0.903 bits per heavy atom. The van der Waals surface area contributed by atoms with Gasteiger partial charge in [0.25, 0.3) is 0 Å². The highest BCUT2D eigenvalue weighted by molar-refractivity contribution is 5.88. The predicted octanol–water partition coefficient (Wildman–Crippen LogP) is 30.2. The summed E-state index contributed by atoms with van der Waals surface area (Å²) < 4.78 is 10.9. The number of rotatable bonds is 19. The zero-order chi connectivity index (χ0) is 79.5. The zero-order valence-electron chi connectivity index (χ0n) is 67.5. The number of aryl methyl sites for hydroxylation is 8. The fourth-order valence-electron chi connectivity index (χ4n) is 15.3. The average molecular weight is 1480 g/mol. The van der Waals surface area contributed by atoms with Gasteiger partial charge in [-0.1, -0.05) is 230 Å². The summed E-state index contributed by atoms with van der Waals surface area (Å²) in [6, 6.07) is 112. The molecule has 16 rings (SSSR count). The minimum atomic E-state index is -0.0436. The predicted molar refractivity (Wildman–Crippen MR) is 484 cm³/mol. The van der Waals surface area contributed by atoms with Crippen molar-refractivity contribution in [1.82, 2.24) is 0 Å². The lowest BCUT2D eigenvalue weighted by Crippen LogP contribution is -2.16. The molecular formula is C107H102N4O2. The van der Waals surface area contributed by atoms with Crippen LogP contribution in [0, 0.1) is 55.4 Å². The summed E-state index contributed by atoms with van der Waals surface area (Å²) in [5, 5.41) is 0. The molecule has 0 saturated carbocycles. The first-order valence-corrected chi connectivity index (χ1v) is 38.9. The van der Waals surface area contributed by atoms with E-state index in [-0.39, 0.29) is 10.8 Å². The molecular weight excluding hydrogens is 1370 g/mol. The van der Waals surface area contributed by atoms with Gasteiger partial charge in [0, 0.05) is 85.1 Å². The molecule has 0 saturated heterocycles. The van der Waals surface area contributed by atoms with Gasteiger partial charge in [0.05, 0.1) is 12.5 Å². The summed E-state index contributed by atoms with van der Waals surface area (Å²) in [5.41, 5.74) is 38.3. The van der Waals surface area contributed by atoms with Crippen molar-refractivity contribution in [2.75, 3.05) is 19.6 Å². The molecule has 14 aromatic carbocycles. The van der Waals surface area contributed by atoms with Crippen LogP contribution < -0.4 is 24.3 Å². The van der Waals surface area contributed by atoms with Crippen molar-refractivity contribution < 1.29 is 9.47 Å². The maximum Gasteiger partial charge on any atom is 0.128 e. The normalized spacial score (nSPS) is 12.0. The molecule has 0 spiro atoms. The summed E-state index contributed by atoms with van der Waals surface area (Å²) in [4.78, 5) is 9.21. The van der Waals surface area contributed by atoms with Gasteiger partial charge >= 0.3 is 0 Å². The highest BCUT2D eigenvalue weighted by Crippen LogP contribution is 2.53. The number of hydrogen-bond acceptors (Lipinski definition) is 6. The molecule has 0 atom stereocenters. The van der Waals surface area contributed by atoms with Crippen LogP contribution in [0.25, 0.3) is 34.4 Å². The fourth-order valence-corrected chi connectivity index (χ4v) is 15.3. The van der Waals surface area contributed by atoms with E-state index in [0.29, 0.717) is 6.61 Å². The van der Waals surface area contributed by atoms with E-state index in [1.165, 1.54) is 119 Å². The van der Waals surface area contributed by atoms with Crippen molar-refractivity contribution in [3.63, 3.8) is 0 Å². The number of nitrogens with zero attached hydrogens (tertiary/aromatic N) is 4. The lowest BCUT2D eigenvalue weighted by molar-refractivity contribution is 0.238. The molecule has 2 aliphatic rings. The second kappa shape index (κ2) is 34.4. The molecule has 2 aliphatic carbocycles. The Hall–Kier alpha value is -13.2. The lowest BCUT2D eigenvalue weighted by atomic mass is 9.82. The lowest BCUT2D eigenvalue weighted by Gasteiger charge is -2.28. The number of ether oxygens (including phenoxy) is 2. The Kier molecular flexibility index (Phi) is 23.7. The Morgan fingerprint density at radius 2 is 0.549 bits per heavy atom. The van der Waals surface area contributed by atoms with E-state index in [2.05, 4.69) is 420 Å². The van der Waals surface area contributed by atoms with E-state index in [0.717, 1.165) is 73.6 Å². The minimum absolute atomic E-state index is 0.0169. The smallest absolute Gasteiger partial charge is 0.128 e. The van der Waals surface area contributed by atoms with Gasteiger partial charge in [0.2, 0.25) is 0 Å². The Labute approximate surface area is 671 Å². The maximum absolute atomic E-state index is 5.56. The van der Waals surface area contributed by atoms with Crippen LogP contribution in [0.3, 0.4) is 0 Å². The van der Waals surface area contributed by atoms with E-state index < -0.39 is 0 Å². The maximum atomic E-state index is 5.56. The Balaban J connectivity index is 0.000000132. The van der Waals surface area contributed by atoms with Gasteiger partial charge in [-0.2, -0.15) is 0 Å². The van der Waals surface area contributed by atoms with Crippen LogP contribution >= 0.6 is 0 Å². The van der Waals surface area contributed by atoms with E-state index >= 15 is 0 Å². The molecule has 0 aliphatic heterocycles. The highest BCUT2D eigenvalue weighted by atomic mass is 16.5. The van der Waals surface area contributed by atoms with Crippen molar-refractivity contribution in [3.8, 4) is 28.0 Å². The van der Waals surface area contributed by atoms with E-state index in [1.54, 1.807) is 0 Å². The van der Waals surface area contributed by atoms with E-state index in [9.17, 15) is 0 Å². The number of fused-ring (bicyclic) bond motifs is 6. The standard InChI is InChI=1S/C29H25NO.C29H25N.C25H27NO.C24H25N/c1-4-31-24-14-10-13-22(19-24)30(21-11-6-5-7-12-21)23-17-18-26-25-15-8-9-16-27(25)29(2,3)28(26)20-23;1-4-21-14-16-23(17-15-21)30(22-10-6-5-7-11-22)24-18-19-26-25-12-8-9-13-27(25)29(2,3)28(26)20-24;1-6-27-17-22-9-13-23(14-10-22)26(24-11-7-18(2)20(4)15-24)25-12-8-19(3)21(5)16-25;1-6-21-9-13-22(14-10-21)25(23-11-7-17(2)19(4)15-23)24-12-8-18(3)20(5)16-24/h4-20H,1H2,2-3H3;4-20H,1H2,2-3H3;6-16H,1,17H2,2-5H3;6-16H,1H2,2-5H3. The van der Waals surface area contributed by atoms with Gasteiger partial charge in [0.15, 0.2) is 0 Å². The molecule has 0 fully saturated rings. The van der Waals surface area contributed by atoms with Crippen LogP contribution in [-0.2, 0) is 22.2 Å². The summed E-state index contributed by atoms with van der Waals surface area (Å²) in [7, 11) is 0. The average Bonchev–Trinajstić information content (AvgIpc) is 1.58. The van der Waals surface area contributed by atoms with Crippen LogP contribution in [0.4, 0.5) is 68.2 Å². The first-order chi connectivity index (χ1) is 54.7. The van der Waals surface area contributed by atoms with Gasteiger partial charge in [-0.25, -0.2) is 0 Å². The summed E-state index contributed by atoms with van der Waals surface area (Å²) in [6.07, 6.45) is 6.69. The molecule has 0 amide bonds. The third-order valence-corrected chi connectivity index (χ3v) is 22.3. The third-order valence-electron chi connectivity index (χ3n) is 22.3. The van der Waals surface area contributed by atoms with E-state index in [1.807, 2.05) is 36.4 Å². The van der Waals surface area contributed by atoms with Gasteiger partial charge in [-0.15, -0.1) is 0 Å². The van der Waals surface area contributed by atoms with Crippen molar-refractivity contribution in [3.05, 3.63) is 438 Å². The van der Waals surface area contributed by atoms with Crippen molar-refractivity contribution in [2.24, 2.45) is 0 Å². The molecule has 0 heterocycles. The number of para-hydroxylation sites is 2. The molecule has 6 nitrogen and oxygen atoms in total. The molecule has 14 aromatic rings. The van der Waals surface area contributed by atoms with Gasteiger partial charge in [0.1, 0.15) is 12.4 Å². The third kappa shape index (κ3) is 17.0. The molecule has 0 bridgehead atoms. The molecule has 0 aromatic heterocycles. The first kappa shape index (κ1) is 78.0. The monoisotopic (exact) mass is 1470 g/mol. The van der Waals surface area contributed by atoms with Gasteiger partial charge in [-0.05, 0) is 307 Å². The van der Waals surface area contributed by atoms with Crippen LogP contribution in [-0.4, -0.2) is 0 Å². The summed E-state index contributed by atoms with van der Waals surface area (Å²) in [5.74, 6) is 0.766. The second-order valence-electron chi connectivity index (χ2n) is 30.4. The quantitative estimate of drug-likeness (QED) is 0.0750. The van der Waals surface area contributed by atoms with Crippen LogP contribution in [0.5, 0.6) is 5.75 Å². The largest absolute Gasteiger partial charge is 0.497 e. The van der Waals surface area contributed by atoms with Crippen LogP contribution in [0.1, 0.15) is 111 Å². The zero-order valence-corrected chi connectivity index (χ0v) is 67.5. The first-order valence-electron chi connectivity index (χ1n) is 38.9. The minimum Gasteiger partial charge on any atom is -0.497 e. The SMILES string of the molecule is C=COCc1ccc(N(c2ccc(C)c(C)c2)c2ccc(C)c(C)c2)cc1.C=COc1cccc(N(c2ccccc2)c2ccc3c(c2)C(C)(C)c2ccccc2-3)c1.C=Cc1ccc(N(c2ccc(C)c(C)c2)c2ccc(C)c(C)c2)cc1.C=Cc1ccc(N(c2ccccc2)c2ccc3c(c2)C(C)(C)c2ccccc2-3)cc1. The molecule has 562 valence electrons. The van der Waals surface area contributed by atoms with Crippen molar-refractivity contribution in [1.29, 1.82) is 0 Å². The van der Waals surface area contributed by atoms with Gasteiger partial charge in [-0.3, -0.25) is 0 Å². The number of anilines is 12. The molecule has 0 radical (unpaired) electrons. The van der Waals surface area contributed by atoms with Crippen LogP contribution in [0.15, 0.2) is 354 Å².